The summed E-state index contributed by atoms with van der Waals surface area (Å²) in [7, 11) is 0. The second-order valence-electron chi connectivity index (χ2n) is 10.2. The van der Waals surface area contributed by atoms with Gasteiger partial charge in [-0.2, -0.15) is 0 Å². The number of nitrogens with one attached hydrogen (secondary N) is 1. The third-order valence-corrected chi connectivity index (χ3v) is 7.54. The molecule has 0 bridgehead atoms. The Hall–Kier alpha value is -4.64. The molecule has 1 saturated carbocycles. The van der Waals surface area contributed by atoms with Crippen molar-refractivity contribution in [3.05, 3.63) is 115 Å². The SMILES string of the molecule is c1ccc(N(c2ccccc2)c2ccc3cc(-c4nc5ccccc5[nH]4)c(=NC4CCCCC4)oc3c2)cc1. The summed E-state index contributed by atoms with van der Waals surface area (Å²) in [5.41, 5.74) is 7.52. The minimum atomic E-state index is 0.274. The first-order chi connectivity index (χ1) is 19.3. The van der Waals surface area contributed by atoms with Crippen LogP contribution in [0.15, 0.2) is 119 Å². The molecule has 7 rings (SSSR count). The molecule has 39 heavy (non-hydrogen) atoms. The lowest BCUT2D eigenvalue weighted by atomic mass is 9.96. The number of anilines is 3. The van der Waals surface area contributed by atoms with Gasteiger partial charge in [-0.25, -0.2) is 9.98 Å². The first kappa shape index (κ1) is 23.5. The molecular weight excluding hydrogens is 480 g/mol. The van der Waals surface area contributed by atoms with Crippen LogP contribution in [0.25, 0.3) is 33.4 Å². The van der Waals surface area contributed by atoms with E-state index in [1.165, 1.54) is 19.3 Å². The predicted octanol–water partition coefficient (Wildman–Crippen LogP) is 8.68. The molecule has 0 saturated heterocycles. The highest BCUT2D eigenvalue weighted by atomic mass is 16.3. The normalized spacial score (nSPS) is 14.7. The molecule has 192 valence electrons. The number of hydrogen-bond acceptors (Lipinski definition) is 4. The van der Waals surface area contributed by atoms with Gasteiger partial charge in [0.1, 0.15) is 11.4 Å². The highest BCUT2D eigenvalue weighted by Crippen LogP contribution is 2.36. The van der Waals surface area contributed by atoms with E-state index in [4.69, 9.17) is 14.4 Å². The summed E-state index contributed by atoms with van der Waals surface area (Å²) in [6.07, 6.45) is 5.92. The zero-order valence-corrected chi connectivity index (χ0v) is 21.8. The van der Waals surface area contributed by atoms with Crippen molar-refractivity contribution in [3.63, 3.8) is 0 Å². The Labute approximate surface area is 227 Å². The molecule has 1 aliphatic carbocycles. The standard InChI is InChI=1S/C34H30N4O/c1-4-12-25(13-5-1)35-34-29(33-36-30-18-10-11-19-31(30)37-33)22-24-20-21-28(23-32(24)39-34)38(26-14-6-2-7-15-26)27-16-8-3-9-17-27/h2-3,6-11,14-23,25H,1,4-5,12-13H2,(H,36,37). The van der Waals surface area contributed by atoms with Crippen molar-refractivity contribution >= 4 is 39.1 Å². The maximum atomic E-state index is 6.66. The lowest BCUT2D eigenvalue weighted by Crippen LogP contribution is -2.17. The predicted molar refractivity (Wildman–Crippen MR) is 158 cm³/mol. The average molecular weight is 511 g/mol. The van der Waals surface area contributed by atoms with Crippen molar-refractivity contribution in [2.45, 2.75) is 38.1 Å². The van der Waals surface area contributed by atoms with Gasteiger partial charge in [-0.05, 0) is 67.4 Å². The van der Waals surface area contributed by atoms with Crippen LogP contribution in [0, 0.1) is 0 Å². The van der Waals surface area contributed by atoms with Gasteiger partial charge in [-0.15, -0.1) is 0 Å². The van der Waals surface area contributed by atoms with Crippen LogP contribution in [0.4, 0.5) is 17.1 Å². The van der Waals surface area contributed by atoms with Gasteiger partial charge in [-0.3, -0.25) is 0 Å². The largest absolute Gasteiger partial charge is 0.438 e. The Morgan fingerprint density at radius 1 is 0.718 bits per heavy atom. The molecule has 5 nitrogen and oxygen atoms in total. The van der Waals surface area contributed by atoms with Gasteiger partial charge in [0.15, 0.2) is 0 Å². The molecule has 1 aliphatic rings. The van der Waals surface area contributed by atoms with E-state index >= 15 is 0 Å². The van der Waals surface area contributed by atoms with Crippen LogP contribution in [-0.4, -0.2) is 16.0 Å². The fourth-order valence-corrected chi connectivity index (χ4v) is 5.57. The summed E-state index contributed by atoms with van der Waals surface area (Å²) < 4.78 is 6.66. The minimum absolute atomic E-state index is 0.274. The van der Waals surface area contributed by atoms with Crippen LogP contribution in [-0.2, 0) is 0 Å². The number of rotatable bonds is 5. The number of H-pyrrole nitrogens is 1. The van der Waals surface area contributed by atoms with Crippen LogP contribution < -0.4 is 10.5 Å². The Balaban J connectivity index is 1.40. The highest BCUT2D eigenvalue weighted by Gasteiger charge is 2.17. The van der Waals surface area contributed by atoms with Gasteiger partial charge >= 0.3 is 0 Å². The summed E-state index contributed by atoms with van der Waals surface area (Å²) in [5, 5.41) is 1.01. The molecule has 0 radical (unpaired) electrons. The van der Waals surface area contributed by atoms with Crippen LogP contribution >= 0.6 is 0 Å². The molecule has 1 N–H and O–H groups in total. The number of fused-ring (bicyclic) bond motifs is 2. The van der Waals surface area contributed by atoms with Crippen molar-refractivity contribution in [1.82, 2.24) is 9.97 Å². The first-order valence-electron chi connectivity index (χ1n) is 13.8. The molecule has 0 aliphatic heterocycles. The highest BCUT2D eigenvalue weighted by molar-refractivity contribution is 5.88. The summed E-state index contributed by atoms with van der Waals surface area (Å²) in [6, 6.07) is 37.8. The number of para-hydroxylation sites is 4. The summed E-state index contributed by atoms with van der Waals surface area (Å²) in [6.45, 7) is 0. The molecule has 2 heterocycles. The Kier molecular flexibility index (Phi) is 6.17. The first-order valence-corrected chi connectivity index (χ1v) is 13.8. The van der Waals surface area contributed by atoms with E-state index in [0.717, 1.165) is 63.3 Å². The molecule has 0 spiro atoms. The van der Waals surface area contributed by atoms with E-state index in [-0.39, 0.29) is 6.04 Å². The van der Waals surface area contributed by atoms with Crippen molar-refractivity contribution in [2.75, 3.05) is 4.90 Å². The van der Waals surface area contributed by atoms with Gasteiger partial charge < -0.3 is 14.3 Å². The van der Waals surface area contributed by atoms with Gasteiger partial charge in [0.2, 0.25) is 5.55 Å². The van der Waals surface area contributed by atoms with Crippen LogP contribution in [0.5, 0.6) is 0 Å². The fourth-order valence-electron chi connectivity index (χ4n) is 5.57. The number of imidazole rings is 1. The Morgan fingerprint density at radius 3 is 2.13 bits per heavy atom. The van der Waals surface area contributed by atoms with Gasteiger partial charge in [0.25, 0.3) is 0 Å². The molecule has 4 aromatic carbocycles. The van der Waals surface area contributed by atoms with Crippen LogP contribution in [0.2, 0.25) is 0 Å². The van der Waals surface area contributed by atoms with Gasteiger partial charge in [0, 0.05) is 28.5 Å². The quantitative estimate of drug-likeness (QED) is 0.252. The monoisotopic (exact) mass is 510 g/mol. The fraction of sp³-hybridized carbons (Fsp3) is 0.176. The van der Waals surface area contributed by atoms with Crippen LogP contribution in [0.3, 0.4) is 0 Å². The molecule has 2 aromatic heterocycles. The van der Waals surface area contributed by atoms with Crippen molar-refractivity contribution in [1.29, 1.82) is 0 Å². The molecule has 1 fully saturated rings. The number of benzene rings is 4. The van der Waals surface area contributed by atoms with Crippen molar-refractivity contribution in [2.24, 2.45) is 4.99 Å². The molecule has 0 atom stereocenters. The number of aromatic amines is 1. The lowest BCUT2D eigenvalue weighted by Gasteiger charge is -2.25. The van der Waals surface area contributed by atoms with E-state index in [2.05, 4.69) is 88.7 Å². The van der Waals surface area contributed by atoms with E-state index in [0.29, 0.717) is 5.55 Å². The Morgan fingerprint density at radius 2 is 1.41 bits per heavy atom. The smallest absolute Gasteiger partial charge is 0.226 e. The average Bonchev–Trinajstić information content (AvgIpc) is 3.43. The third-order valence-electron chi connectivity index (χ3n) is 7.54. The molecular formula is C34H30N4O. The van der Waals surface area contributed by atoms with E-state index < -0.39 is 0 Å². The molecule has 6 aromatic rings. The van der Waals surface area contributed by atoms with E-state index in [1.54, 1.807) is 0 Å². The summed E-state index contributed by atoms with van der Waals surface area (Å²) in [5.74, 6) is 0.788. The second kappa shape index (κ2) is 10.3. The number of nitrogens with zero attached hydrogens (tertiary/aromatic N) is 3. The van der Waals surface area contributed by atoms with Crippen LogP contribution in [0.1, 0.15) is 32.1 Å². The van der Waals surface area contributed by atoms with Gasteiger partial charge in [-0.1, -0.05) is 67.8 Å². The zero-order chi connectivity index (χ0) is 26.0. The lowest BCUT2D eigenvalue weighted by molar-refractivity contribution is 0.417. The van der Waals surface area contributed by atoms with Crippen molar-refractivity contribution in [3.8, 4) is 11.4 Å². The van der Waals surface area contributed by atoms with E-state index in [9.17, 15) is 0 Å². The summed E-state index contributed by atoms with van der Waals surface area (Å²) in [4.78, 5) is 15.8. The summed E-state index contributed by atoms with van der Waals surface area (Å²) >= 11 is 0. The topological polar surface area (TPSA) is 57.4 Å². The molecule has 0 amide bonds. The van der Waals surface area contributed by atoms with Gasteiger partial charge in [0.05, 0.1) is 22.6 Å². The van der Waals surface area contributed by atoms with E-state index in [1.807, 2.05) is 30.3 Å². The molecule has 0 unspecified atom stereocenters. The maximum absolute atomic E-state index is 6.66. The minimum Gasteiger partial charge on any atom is -0.438 e. The zero-order valence-electron chi connectivity index (χ0n) is 21.8. The number of hydrogen-bond donors (Lipinski definition) is 1. The Bertz CT molecular complexity index is 1730. The number of aromatic nitrogens is 2. The second-order valence-corrected chi connectivity index (χ2v) is 10.2. The van der Waals surface area contributed by atoms with Crippen molar-refractivity contribution < 1.29 is 4.42 Å². The third kappa shape index (κ3) is 4.72. The maximum Gasteiger partial charge on any atom is 0.226 e. The molecule has 5 heteroatoms.